The Bertz CT molecular complexity index is 620. The summed E-state index contributed by atoms with van der Waals surface area (Å²) in [5.41, 5.74) is 0.960. The zero-order valence-corrected chi connectivity index (χ0v) is 13.8. The number of ether oxygens (including phenoxy) is 1. The van der Waals surface area contributed by atoms with Crippen LogP contribution in [-0.2, 0) is 17.6 Å². The third-order valence-electron chi connectivity index (χ3n) is 3.41. The van der Waals surface area contributed by atoms with E-state index in [1.54, 1.807) is 7.11 Å². The first-order valence-electron chi connectivity index (χ1n) is 7.80. The first-order chi connectivity index (χ1) is 11.1. The molecule has 6 nitrogen and oxygen atoms in total. The molecule has 124 valence electrons. The molecule has 0 unspecified atom stereocenters. The minimum atomic E-state index is 0.00330. The third-order valence-corrected chi connectivity index (χ3v) is 3.41. The average molecular weight is 317 g/mol. The van der Waals surface area contributed by atoms with Gasteiger partial charge in [-0.1, -0.05) is 31.1 Å². The molecule has 1 N–H and O–H groups in total. The molecule has 0 saturated heterocycles. The van der Waals surface area contributed by atoms with Crippen LogP contribution in [-0.4, -0.2) is 29.7 Å². The van der Waals surface area contributed by atoms with E-state index in [1.165, 1.54) is 0 Å². The number of hydrogen-bond acceptors (Lipinski definition) is 5. The van der Waals surface area contributed by atoms with Crippen molar-refractivity contribution in [3.05, 3.63) is 41.5 Å². The Kier molecular flexibility index (Phi) is 6.14. The van der Waals surface area contributed by atoms with Gasteiger partial charge in [0.05, 0.1) is 13.5 Å². The first-order valence-corrected chi connectivity index (χ1v) is 7.80. The minimum Gasteiger partial charge on any atom is -0.497 e. The van der Waals surface area contributed by atoms with Crippen molar-refractivity contribution in [3.63, 3.8) is 0 Å². The maximum Gasteiger partial charge on any atom is 0.226 e. The van der Waals surface area contributed by atoms with Crippen molar-refractivity contribution >= 4 is 5.91 Å². The predicted molar refractivity (Wildman–Crippen MR) is 86.4 cm³/mol. The minimum absolute atomic E-state index is 0.00330. The van der Waals surface area contributed by atoms with Crippen LogP contribution in [0, 0.1) is 0 Å². The lowest BCUT2D eigenvalue weighted by Gasteiger charge is -2.05. The molecule has 0 spiro atoms. The second kappa shape index (κ2) is 8.31. The van der Waals surface area contributed by atoms with Crippen LogP contribution in [0.1, 0.15) is 43.5 Å². The molecule has 1 amide bonds. The van der Waals surface area contributed by atoms with Crippen molar-refractivity contribution in [2.75, 3.05) is 13.7 Å². The van der Waals surface area contributed by atoms with Crippen molar-refractivity contribution < 1.29 is 14.1 Å². The summed E-state index contributed by atoms with van der Waals surface area (Å²) in [6, 6.07) is 7.49. The van der Waals surface area contributed by atoms with Crippen LogP contribution < -0.4 is 10.1 Å². The predicted octanol–water partition coefficient (Wildman–Crippen LogP) is 2.49. The molecular formula is C17H23N3O3. The summed E-state index contributed by atoms with van der Waals surface area (Å²) >= 11 is 0. The Balaban J connectivity index is 1.67. The SMILES string of the molecule is COc1ccc(CC(=O)NCCCc2nc(C(C)C)no2)cc1. The molecule has 23 heavy (non-hydrogen) atoms. The van der Waals surface area contributed by atoms with Gasteiger partial charge in [0.15, 0.2) is 5.82 Å². The number of benzene rings is 1. The third kappa shape index (κ3) is 5.39. The number of aromatic nitrogens is 2. The van der Waals surface area contributed by atoms with Gasteiger partial charge in [0.25, 0.3) is 0 Å². The van der Waals surface area contributed by atoms with Crippen molar-refractivity contribution in [1.29, 1.82) is 0 Å². The van der Waals surface area contributed by atoms with Gasteiger partial charge in [-0.2, -0.15) is 4.98 Å². The molecule has 0 saturated carbocycles. The van der Waals surface area contributed by atoms with Gasteiger partial charge in [0.1, 0.15) is 5.75 Å². The van der Waals surface area contributed by atoms with Crippen LogP contribution in [0.25, 0.3) is 0 Å². The molecule has 0 bridgehead atoms. The normalized spacial score (nSPS) is 10.8. The van der Waals surface area contributed by atoms with Gasteiger partial charge in [-0.05, 0) is 24.1 Å². The van der Waals surface area contributed by atoms with Crippen LogP contribution >= 0.6 is 0 Å². The Hall–Kier alpha value is -2.37. The number of carbonyl (C=O) groups is 1. The van der Waals surface area contributed by atoms with Crippen molar-refractivity contribution in [2.45, 2.75) is 39.0 Å². The number of amides is 1. The molecule has 2 aromatic rings. The topological polar surface area (TPSA) is 77.2 Å². The van der Waals surface area contributed by atoms with Gasteiger partial charge in [0, 0.05) is 18.9 Å². The molecule has 0 aliphatic carbocycles. The number of nitrogens with zero attached hydrogens (tertiary/aromatic N) is 2. The van der Waals surface area contributed by atoms with E-state index in [1.807, 2.05) is 38.1 Å². The highest BCUT2D eigenvalue weighted by atomic mass is 16.5. The molecule has 1 aromatic heterocycles. The van der Waals surface area contributed by atoms with Gasteiger partial charge < -0.3 is 14.6 Å². The molecular weight excluding hydrogens is 294 g/mol. The number of methoxy groups -OCH3 is 1. The zero-order valence-electron chi connectivity index (χ0n) is 13.8. The van der Waals surface area contributed by atoms with Crippen LogP contribution in [0.15, 0.2) is 28.8 Å². The highest BCUT2D eigenvalue weighted by molar-refractivity contribution is 5.78. The molecule has 0 atom stereocenters. The fourth-order valence-electron chi connectivity index (χ4n) is 2.06. The maximum absolute atomic E-state index is 11.9. The highest BCUT2D eigenvalue weighted by Crippen LogP contribution is 2.12. The highest BCUT2D eigenvalue weighted by Gasteiger charge is 2.09. The van der Waals surface area contributed by atoms with Crippen molar-refractivity contribution in [1.82, 2.24) is 15.5 Å². The molecule has 6 heteroatoms. The van der Waals surface area contributed by atoms with Gasteiger partial charge in [0.2, 0.25) is 11.8 Å². The molecule has 2 rings (SSSR count). The fraction of sp³-hybridized carbons (Fsp3) is 0.471. The zero-order chi connectivity index (χ0) is 16.7. The van der Waals surface area contributed by atoms with E-state index in [0.29, 0.717) is 25.3 Å². The van der Waals surface area contributed by atoms with E-state index in [0.717, 1.165) is 23.6 Å². The smallest absolute Gasteiger partial charge is 0.226 e. The molecule has 1 heterocycles. The van der Waals surface area contributed by atoms with E-state index >= 15 is 0 Å². The Labute approximate surface area is 136 Å². The second-order valence-corrected chi connectivity index (χ2v) is 5.68. The van der Waals surface area contributed by atoms with Crippen LogP contribution in [0.2, 0.25) is 0 Å². The van der Waals surface area contributed by atoms with Gasteiger partial charge in [-0.15, -0.1) is 0 Å². The lowest BCUT2D eigenvalue weighted by molar-refractivity contribution is -0.120. The monoisotopic (exact) mass is 317 g/mol. The van der Waals surface area contributed by atoms with Crippen LogP contribution in [0.3, 0.4) is 0 Å². The van der Waals surface area contributed by atoms with Gasteiger partial charge in [-0.3, -0.25) is 4.79 Å². The Morgan fingerprint density at radius 1 is 1.30 bits per heavy atom. The van der Waals surface area contributed by atoms with Crippen LogP contribution in [0.4, 0.5) is 0 Å². The van der Waals surface area contributed by atoms with E-state index in [9.17, 15) is 4.79 Å². The standard InChI is InChI=1S/C17H23N3O3/c1-12(2)17-19-16(23-20-17)5-4-10-18-15(21)11-13-6-8-14(22-3)9-7-13/h6-9,12H,4-5,10-11H2,1-3H3,(H,18,21). The van der Waals surface area contributed by atoms with E-state index in [-0.39, 0.29) is 11.8 Å². The quantitative estimate of drug-likeness (QED) is 0.757. The summed E-state index contributed by atoms with van der Waals surface area (Å²) < 4.78 is 10.3. The summed E-state index contributed by atoms with van der Waals surface area (Å²) in [4.78, 5) is 16.2. The molecule has 0 radical (unpaired) electrons. The lowest BCUT2D eigenvalue weighted by Crippen LogP contribution is -2.26. The van der Waals surface area contributed by atoms with Gasteiger partial charge >= 0.3 is 0 Å². The largest absolute Gasteiger partial charge is 0.497 e. The second-order valence-electron chi connectivity index (χ2n) is 5.68. The number of aryl methyl sites for hydroxylation is 1. The number of hydrogen-bond donors (Lipinski definition) is 1. The summed E-state index contributed by atoms with van der Waals surface area (Å²) in [7, 11) is 1.62. The van der Waals surface area contributed by atoms with Gasteiger partial charge in [-0.25, -0.2) is 0 Å². The van der Waals surface area contributed by atoms with Crippen molar-refractivity contribution in [3.8, 4) is 5.75 Å². The summed E-state index contributed by atoms with van der Waals surface area (Å²) in [6.45, 7) is 4.64. The Morgan fingerprint density at radius 2 is 2.04 bits per heavy atom. The number of rotatable bonds is 8. The van der Waals surface area contributed by atoms with E-state index in [4.69, 9.17) is 9.26 Å². The maximum atomic E-state index is 11.9. The lowest BCUT2D eigenvalue weighted by atomic mass is 10.1. The summed E-state index contributed by atoms with van der Waals surface area (Å²) in [6.07, 6.45) is 1.80. The fourth-order valence-corrected chi connectivity index (χ4v) is 2.06. The van der Waals surface area contributed by atoms with E-state index in [2.05, 4.69) is 15.5 Å². The van der Waals surface area contributed by atoms with E-state index < -0.39 is 0 Å². The molecule has 0 aliphatic rings. The summed E-state index contributed by atoms with van der Waals surface area (Å²) in [5, 5.41) is 6.82. The number of nitrogens with one attached hydrogen (secondary N) is 1. The molecule has 0 aliphatic heterocycles. The number of carbonyl (C=O) groups excluding carboxylic acids is 1. The van der Waals surface area contributed by atoms with Crippen LogP contribution in [0.5, 0.6) is 5.75 Å². The first kappa shape index (κ1) is 17.0. The summed E-state index contributed by atoms with van der Waals surface area (Å²) in [5.74, 6) is 2.40. The molecule has 0 fully saturated rings. The average Bonchev–Trinajstić information content (AvgIpc) is 3.01. The Morgan fingerprint density at radius 3 is 2.65 bits per heavy atom. The molecule has 1 aromatic carbocycles. The van der Waals surface area contributed by atoms with Crippen molar-refractivity contribution in [2.24, 2.45) is 0 Å².